The van der Waals surface area contributed by atoms with Gasteiger partial charge in [-0.05, 0) is 5.56 Å². The second-order valence-corrected chi connectivity index (χ2v) is 6.17. The summed E-state index contributed by atoms with van der Waals surface area (Å²) in [5.41, 5.74) is -0.150. The summed E-state index contributed by atoms with van der Waals surface area (Å²) >= 11 is 0. The molecule has 1 aromatic heterocycles. The maximum absolute atomic E-state index is 12.5. The van der Waals surface area contributed by atoms with Crippen molar-refractivity contribution in [2.45, 2.75) is 25.8 Å². The Morgan fingerprint density at radius 1 is 1.19 bits per heavy atom. The molecule has 1 N–H and O–H groups in total. The van der Waals surface area contributed by atoms with E-state index in [1.54, 1.807) is 6.92 Å². The Bertz CT molecular complexity index is 1000. The molecule has 2 heterocycles. The average Bonchev–Trinajstić information content (AvgIpc) is 3.10. The highest BCUT2D eigenvalue weighted by atomic mass is 16.3. The van der Waals surface area contributed by atoms with Crippen molar-refractivity contribution < 1.29 is 9.90 Å². The molecule has 0 unspecified atom stereocenters. The molecule has 0 radical (unpaired) electrons. The largest absolute Gasteiger partial charge is 0.494 e. The third-order valence-electron chi connectivity index (χ3n) is 4.57. The first-order valence-electron chi connectivity index (χ1n) is 8.30. The van der Waals surface area contributed by atoms with Crippen LogP contribution in [0, 0.1) is 0 Å². The molecule has 0 saturated carbocycles. The Balaban J connectivity index is 2.15. The van der Waals surface area contributed by atoms with Crippen molar-refractivity contribution in [3.8, 4) is 5.88 Å². The van der Waals surface area contributed by atoms with Crippen LogP contribution in [0.2, 0.25) is 0 Å². The molecule has 3 rings (SSSR count). The van der Waals surface area contributed by atoms with Gasteiger partial charge in [0.05, 0.1) is 11.8 Å². The van der Waals surface area contributed by atoms with Gasteiger partial charge in [-0.2, -0.15) is 5.10 Å². The minimum absolute atomic E-state index is 0.0538. The van der Waals surface area contributed by atoms with Crippen LogP contribution < -0.4 is 11.2 Å². The van der Waals surface area contributed by atoms with E-state index in [1.165, 1.54) is 19.1 Å². The number of aromatic nitrogens is 2. The summed E-state index contributed by atoms with van der Waals surface area (Å²) in [5, 5.41) is 16.0. The van der Waals surface area contributed by atoms with Gasteiger partial charge in [-0.1, -0.05) is 37.3 Å². The van der Waals surface area contributed by atoms with Crippen molar-refractivity contribution in [3.05, 3.63) is 62.3 Å². The standard InChI is InChI=1S/C18H20N4O4/c1-4-14(23)22-13(11-8-6-5-7-9-11)10-12(19-22)15-16(24)20(2)18(26)21(3)17(15)25/h5-9,13,24H,4,10H2,1-3H3/t13-/m1/s1. The monoisotopic (exact) mass is 356 g/mol. The molecule has 0 saturated heterocycles. The van der Waals surface area contributed by atoms with Gasteiger partial charge in [-0.25, -0.2) is 9.80 Å². The van der Waals surface area contributed by atoms with Crippen molar-refractivity contribution in [1.82, 2.24) is 14.1 Å². The van der Waals surface area contributed by atoms with Crippen molar-refractivity contribution in [3.63, 3.8) is 0 Å². The fraction of sp³-hybridized carbons (Fsp3) is 0.333. The maximum atomic E-state index is 12.5. The smallest absolute Gasteiger partial charge is 0.333 e. The van der Waals surface area contributed by atoms with Gasteiger partial charge in [-0.3, -0.25) is 18.7 Å². The van der Waals surface area contributed by atoms with Crippen LogP contribution in [0.25, 0.3) is 0 Å². The number of carbonyl (C=O) groups excluding carboxylic acids is 1. The van der Waals surface area contributed by atoms with E-state index in [0.29, 0.717) is 0 Å². The molecule has 0 fully saturated rings. The molecular formula is C18H20N4O4. The molecule has 1 amide bonds. The number of nitrogens with zero attached hydrogens (tertiary/aromatic N) is 4. The van der Waals surface area contributed by atoms with Crippen molar-refractivity contribution in [2.75, 3.05) is 0 Å². The summed E-state index contributed by atoms with van der Waals surface area (Å²) in [4.78, 5) is 36.8. The average molecular weight is 356 g/mol. The Labute approximate surface area is 149 Å². The lowest BCUT2D eigenvalue weighted by Gasteiger charge is -2.21. The van der Waals surface area contributed by atoms with Crippen LogP contribution in [0.3, 0.4) is 0 Å². The highest BCUT2D eigenvalue weighted by Gasteiger charge is 2.35. The zero-order chi connectivity index (χ0) is 19.0. The van der Waals surface area contributed by atoms with Crippen LogP contribution in [0.15, 0.2) is 45.0 Å². The maximum Gasteiger partial charge on any atom is 0.333 e. The molecule has 8 heteroatoms. The highest BCUT2D eigenvalue weighted by molar-refractivity contribution is 6.04. The van der Waals surface area contributed by atoms with Gasteiger partial charge in [0, 0.05) is 26.9 Å². The van der Waals surface area contributed by atoms with Gasteiger partial charge in [-0.15, -0.1) is 0 Å². The highest BCUT2D eigenvalue weighted by Crippen LogP contribution is 2.33. The first-order valence-corrected chi connectivity index (χ1v) is 8.30. The Kier molecular flexibility index (Phi) is 4.50. The van der Waals surface area contributed by atoms with Crippen LogP contribution in [0.1, 0.15) is 36.9 Å². The third kappa shape index (κ3) is 2.73. The molecule has 1 aliphatic heterocycles. The van der Waals surface area contributed by atoms with Gasteiger partial charge in [0.25, 0.3) is 5.56 Å². The fourth-order valence-corrected chi connectivity index (χ4v) is 3.07. The lowest BCUT2D eigenvalue weighted by molar-refractivity contribution is -0.132. The Hall–Kier alpha value is -3.16. The van der Waals surface area contributed by atoms with Crippen molar-refractivity contribution >= 4 is 11.6 Å². The predicted molar refractivity (Wildman–Crippen MR) is 96.1 cm³/mol. The van der Waals surface area contributed by atoms with Crippen LogP contribution in [-0.2, 0) is 18.9 Å². The minimum Gasteiger partial charge on any atom is -0.494 e. The SMILES string of the molecule is CCC(=O)N1N=C(c2c(O)n(C)c(=O)n(C)c2=O)C[C@@H]1c1ccccc1. The number of amides is 1. The van der Waals surface area contributed by atoms with Crippen LogP contribution in [-0.4, -0.2) is 30.9 Å². The molecule has 2 aromatic rings. The normalized spacial score (nSPS) is 16.7. The topological polar surface area (TPSA) is 96.9 Å². The fourth-order valence-electron chi connectivity index (χ4n) is 3.07. The van der Waals surface area contributed by atoms with Gasteiger partial charge in [0.1, 0.15) is 5.56 Å². The zero-order valence-corrected chi connectivity index (χ0v) is 14.8. The van der Waals surface area contributed by atoms with E-state index in [1.807, 2.05) is 30.3 Å². The molecule has 1 aliphatic rings. The number of aromatic hydroxyl groups is 1. The van der Waals surface area contributed by atoms with E-state index < -0.39 is 17.1 Å². The third-order valence-corrected chi connectivity index (χ3v) is 4.57. The van der Waals surface area contributed by atoms with Crippen molar-refractivity contribution in [2.24, 2.45) is 19.2 Å². The number of rotatable bonds is 3. The first kappa shape index (κ1) is 17.7. The number of carbonyl (C=O) groups is 1. The number of benzene rings is 1. The molecule has 0 spiro atoms. The first-order chi connectivity index (χ1) is 12.4. The zero-order valence-electron chi connectivity index (χ0n) is 14.8. The second kappa shape index (κ2) is 6.62. The molecule has 0 aliphatic carbocycles. The van der Waals surface area contributed by atoms with Gasteiger partial charge >= 0.3 is 5.69 Å². The van der Waals surface area contributed by atoms with E-state index in [4.69, 9.17) is 0 Å². The lowest BCUT2D eigenvalue weighted by atomic mass is 9.99. The van der Waals surface area contributed by atoms with Gasteiger partial charge < -0.3 is 5.11 Å². The summed E-state index contributed by atoms with van der Waals surface area (Å²) in [5.74, 6) is -0.635. The Morgan fingerprint density at radius 3 is 2.46 bits per heavy atom. The van der Waals surface area contributed by atoms with E-state index in [2.05, 4.69) is 5.10 Å². The molecule has 26 heavy (non-hydrogen) atoms. The summed E-state index contributed by atoms with van der Waals surface area (Å²) in [6.07, 6.45) is 0.536. The summed E-state index contributed by atoms with van der Waals surface area (Å²) in [6, 6.07) is 9.02. The molecule has 1 atom stereocenters. The van der Waals surface area contributed by atoms with Gasteiger partial charge in [0.15, 0.2) is 0 Å². The second-order valence-electron chi connectivity index (χ2n) is 6.17. The van der Waals surface area contributed by atoms with Crippen LogP contribution >= 0.6 is 0 Å². The van der Waals surface area contributed by atoms with E-state index >= 15 is 0 Å². The van der Waals surface area contributed by atoms with E-state index in [0.717, 1.165) is 14.7 Å². The molecule has 8 nitrogen and oxygen atoms in total. The number of hydrogen-bond acceptors (Lipinski definition) is 5. The number of hydrazone groups is 1. The van der Waals surface area contributed by atoms with Crippen LogP contribution in [0.4, 0.5) is 0 Å². The lowest BCUT2D eigenvalue weighted by Crippen LogP contribution is -2.39. The molecule has 136 valence electrons. The summed E-state index contributed by atoms with van der Waals surface area (Å²) in [6.45, 7) is 1.74. The quantitative estimate of drug-likeness (QED) is 0.883. The van der Waals surface area contributed by atoms with Gasteiger partial charge in [0.2, 0.25) is 11.8 Å². The summed E-state index contributed by atoms with van der Waals surface area (Å²) < 4.78 is 1.90. The van der Waals surface area contributed by atoms with Crippen molar-refractivity contribution in [1.29, 1.82) is 0 Å². The Morgan fingerprint density at radius 2 is 1.85 bits per heavy atom. The number of hydrogen-bond donors (Lipinski definition) is 1. The molecular weight excluding hydrogens is 336 g/mol. The van der Waals surface area contributed by atoms with Crippen LogP contribution in [0.5, 0.6) is 5.88 Å². The molecule has 0 bridgehead atoms. The molecule has 1 aromatic carbocycles. The minimum atomic E-state index is -0.637. The van der Waals surface area contributed by atoms with E-state index in [9.17, 15) is 19.5 Å². The summed E-state index contributed by atoms with van der Waals surface area (Å²) in [7, 11) is 2.71. The van der Waals surface area contributed by atoms with E-state index in [-0.39, 0.29) is 36.1 Å². The predicted octanol–water partition coefficient (Wildman–Crippen LogP) is 0.877.